The lowest BCUT2D eigenvalue weighted by Gasteiger charge is -2.26. The lowest BCUT2D eigenvalue weighted by molar-refractivity contribution is 0.0389. The molecule has 7 heteroatoms. The number of benzene rings is 1. The molecular formula is C19H31N5O2. The number of hydrogen-bond donors (Lipinski definition) is 3. The first kappa shape index (κ1) is 20.2. The molecule has 0 atom stereocenters. The van der Waals surface area contributed by atoms with E-state index in [1.165, 1.54) is 0 Å². The fraction of sp³-hybridized carbons (Fsp3) is 0.579. The van der Waals surface area contributed by atoms with Crippen molar-refractivity contribution in [2.24, 2.45) is 4.99 Å². The van der Waals surface area contributed by atoms with Crippen molar-refractivity contribution in [2.75, 3.05) is 52.5 Å². The van der Waals surface area contributed by atoms with Crippen LogP contribution in [0.3, 0.4) is 0 Å². The first-order valence-corrected chi connectivity index (χ1v) is 9.42. The molecular weight excluding hydrogens is 330 g/mol. The molecule has 2 rings (SSSR count). The molecule has 1 aliphatic heterocycles. The Bertz CT molecular complexity index is 568. The van der Waals surface area contributed by atoms with Gasteiger partial charge in [-0.05, 0) is 31.5 Å². The molecule has 0 unspecified atom stereocenters. The van der Waals surface area contributed by atoms with Crippen molar-refractivity contribution in [3.8, 4) is 0 Å². The maximum atomic E-state index is 11.8. The second kappa shape index (κ2) is 11.5. The predicted octanol–water partition coefficient (Wildman–Crippen LogP) is 0.824. The third-order valence-corrected chi connectivity index (χ3v) is 4.14. The molecule has 1 saturated heterocycles. The third kappa shape index (κ3) is 7.01. The smallest absolute Gasteiger partial charge is 0.251 e. The van der Waals surface area contributed by atoms with Gasteiger partial charge in [0, 0.05) is 44.8 Å². The van der Waals surface area contributed by atoms with E-state index in [9.17, 15) is 4.79 Å². The van der Waals surface area contributed by atoms with Gasteiger partial charge in [0.1, 0.15) is 0 Å². The summed E-state index contributed by atoms with van der Waals surface area (Å²) in [6.45, 7) is 11.4. The van der Waals surface area contributed by atoms with Crippen LogP contribution < -0.4 is 16.0 Å². The van der Waals surface area contributed by atoms with Crippen molar-refractivity contribution in [2.45, 2.75) is 20.4 Å². The summed E-state index contributed by atoms with van der Waals surface area (Å²) < 4.78 is 5.37. The summed E-state index contributed by atoms with van der Waals surface area (Å²) in [4.78, 5) is 18.8. The first-order chi connectivity index (χ1) is 12.7. The van der Waals surface area contributed by atoms with Crippen molar-refractivity contribution in [3.63, 3.8) is 0 Å². The molecule has 0 bridgehead atoms. The number of nitrogens with one attached hydrogen (secondary N) is 3. The number of carbonyl (C=O) groups excluding carboxylic acids is 1. The molecule has 0 aromatic heterocycles. The topological polar surface area (TPSA) is 78.0 Å². The third-order valence-electron chi connectivity index (χ3n) is 4.14. The number of hydrogen-bond acceptors (Lipinski definition) is 4. The standard InChI is InChI=1S/C19H31N5O2/c1-3-20-18(25)17-7-5-16(6-8-17)15-23-19(21-4-2)22-9-10-24-11-13-26-14-12-24/h5-8H,3-4,9-15H2,1-2H3,(H,20,25)(H2,21,22,23). The van der Waals surface area contributed by atoms with Gasteiger partial charge in [0.15, 0.2) is 5.96 Å². The molecule has 0 spiro atoms. The minimum absolute atomic E-state index is 0.0410. The van der Waals surface area contributed by atoms with Gasteiger partial charge in [-0.2, -0.15) is 0 Å². The molecule has 0 radical (unpaired) electrons. The molecule has 3 N–H and O–H groups in total. The maximum absolute atomic E-state index is 11.8. The highest BCUT2D eigenvalue weighted by Gasteiger charge is 2.09. The number of aliphatic imine (C=N–C) groups is 1. The minimum atomic E-state index is -0.0410. The van der Waals surface area contributed by atoms with E-state index in [1.54, 1.807) is 0 Å². The van der Waals surface area contributed by atoms with Crippen LogP contribution in [0.4, 0.5) is 0 Å². The van der Waals surface area contributed by atoms with E-state index in [4.69, 9.17) is 4.74 Å². The minimum Gasteiger partial charge on any atom is -0.379 e. The lowest BCUT2D eigenvalue weighted by Crippen LogP contribution is -2.44. The van der Waals surface area contributed by atoms with E-state index in [1.807, 2.05) is 31.2 Å². The Morgan fingerprint density at radius 2 is 1.77 bits per heavy atom. The number of morpholine rings is 1. The first-order valence-electron chi connectivity index (χ1n) is 9.42. The number of rotatable bonds is 8. The van der Waals surface area contributed by atoms with Gasteiger partial charge in [-0.15, -0.1) is 0 Å². The molecule has 0 aliphatic carbocycles. The summed E-state index contributed by atoms with van der Waals surface area (Å²) >= 11 is 0. The van der Waals surface area contributed by atoms with Gasteiger partial charge in [0.25, 0.3) is 5.91 Å². The SMILES string of the molecule is CCNC(=O)c1ccc(CN=C(NCC)NCCN2CCOCC2)cc1. The van der Waals surface area contributed by atoms with Gasteiger partial charge in [0.05, 0.1) is 19.8 Å². The van der Waals surface area contributed by atoms with Gasteiger partial charge in [0.2, 0.25) is 0 Å². The molecule has 0 saturated carbocycles. The van der Waals surface area contributed by atoms with Gasteiger partial charge in [-0.25, -0.2) is 4.99 Å². The van der Waals surface area contributed by atoms with Crippen molar-refractivity contribution in [1.82, 2.24) is 20.9 Å². The Morgan fingerprint density at radius 3 is 2.42 bits per heavy atom. The largest absolute Gasteiger partial charge is 0.379 e. The van der Waals surface area contributed by atoms with Crippen LogP contribution in [-0.2, 0) is 11.3 Å². The maximum Gasteiger partial charge on any atom is 0.251 e. The van der Waals surface area contributed by atoms with E-state index < -0.39 is 0 Å². The normalized spacial score (nSPS) is 15.5. The number of amides is 1. The second-order valence-corrected chi connectivity index (χ2v) is 6.13. The zero-order chi connectivity index (χ0) is 18.6. The van der Waals surface area contributed by atoms with Crippen LogP contribution >= 0.6 is 0 Å². The summed E-state index contributed by atoms with van der Waals surface area (Å²) in [5.74, 6) is 0.772. The average molecular weight is 361 g/mol. The molecule has 1 aromatic rings. The fourth-order valence-electron chi connectivity index (χ4n) is 2.69. The summed E-state index contributed by atoms with van der Waals surface area (Å²) in [6, 6.07) is 7.58. The van der Waals surface area contributed by atoms with E-state index in [0.29, 0.717) is 18.7 Å². The van der Waals surface area contributed by atoms with Crippen molar-refractivity contribution >= 4 is 11.9 Å². The van der Waals surface area contributed by atoms with Gasteiger partial charge in [-0.3, -0.25) is 9.69 Å². The number of guanidine groups is 1. The molecule has 1 heterocycles. The van der Waals surface area contributed by atoms with E-state index >= 15 is 0 Å². The molecule has 144 valence electrons. The molecule has 7 nitrogen and oxygen atoms in total. The number of ether oxygens (including phenoxy) is 1. The molecule has 1 aromatic carbocycles. The molecule has 1 amide bonds. The average Bonchev–Trinajstić information content (AvgIpc) is 2.67. The summed E-state index contributed by atoms with van der Waals surface area (Å²) in [5, 5.41) is 9.45. The lowest BCUT2D eigenvalue weighted by atomic mass is 10.1. The van der Waals surface area contributed by atoms with Crippen molar-refractivity contribution < 1.29 is 9.53 Å². The van der Waals surface area contributed by atoms with Crippen LogP contribution in [0.5, 0.6) is 0 Å². The van der Waals surface area contributed by atoms with Crippen LogP contribution in [0.1, 0.15) is 29.8 Å². The summed E-state index contributed by atoms with van der Waals surface area (Å²) in [6.07, 6.45) is 0. The van der Waals surface area contributed by atoms with Crippen molar-refractivity contribution in [1.29, 1.82) is 0 Å². The summed E-state index contributed by atoms with van der Waals surface area (Å²) in [7, 11) is 0. The highest BCUT2D eigenvalue weighted by Crippen LogP contribution is 2.06. The van der Waals surface area contributed by atoms with E-state index in [0.717, 1.165) is 57.5 Å². The zero-order valence-electron chi connectivity index (χ0n) is 15.9. The Labute approximate surface area is 156 Å². The van der Waals surface area contributed by atoms with Gasteiger partial charge in [-0.1, -0.05) is 12.1 Å². The number of nitrogens with zero attached hydrogens (tertiary/aromatic N) is 2. The fourth-order valence-corrected chi connectivity index (χ4v) is 2.69. The number of carbonyl (C=O) groups is 1. The van der Waals surface area contributed by atoms with E-state index in [-0.39, 0.29) is 5.91 Å². The highest BCUT2D eigenvalue weighted by molar-refractivity contribution is 5.94. The Balaban J connectivity index is 1.82. The van der Waals surface area contributed by atoms with Crippen molar-refractivity contribution in [3.05, 3.63) is 35.4 Å². The van der Waals surface area contributed by atoms with Crippen LogP contribution in [0.25, 0.3) is 0 Å². The predicted molar refractivity (Wildman–Crippen MR) is 105 cm³/mol. The van der Waals surface area contributed by atoms with Crippen LogP contribution in [0.15, 0.2) is 29.3 Å². The molecule has 26 heavy (non-hydrogen) atoms. The second-order valence-electron chi connectivity index (χ2n) is 6.13. The zero-order valence-corrected chi connectivity index (χ0v) is 15.9. The van der Waals surface area contributed by atoms with Crippen LogP contribution in [0.2, 0.25) is 0 Å². The Kier molecular flexibility index (Phi) is 8.92. The van der Waals surface area contributed by atoms with Gasteiger partial charge < -0.3 is 20.7 Å². The van der Waals surface area contributed by atoms with Crippen LogP contribution in [-0.4, -0.2) is 69.2 Å². The quantitative estimate of drug-likeness (QED) is 0.472. The molecule has 1 aliphatic rings. The van der Waals surface area contributed by atoms with Crippen LogP contribution in [0, 0.1) is 0 Å². The Hall–Kier alpha value is -2.12. The van der Waals surface area contributed by atoms with E-state index in [2.05, 4.69) is 32.8 Å². The van der Waals surface area contributed by atoms with Gasteiger partial charge >= 0.3 is 0 Å². The highest BCUT2D eigenvalue weighted by atomic mass is 16.5. The monoisotopic (exact) mass is 361 g/mol. The summed E-state index contributed by atoms with van der Waals surface area (Å²) in [5.41, 5.74) is 1.75. The molecule has 1 fully saturated rings. The Morgan fingerprint density at radius 1 is 1.08 bits per heavy atom.